The number of hydrogen-bond donors (Lipinski definition) is 1. The van der Waals surface area contributed by atoms with Crippen LogP contribution in [0.1, 0.15) is 22.8 Å². The smallest absolute Gasteiger partial charge is 0.338 e. The lowest BCUT2D eigenvalue weighted by atomic mass is 10.1. The molecule has 1 aromatic heterocycles. The zero-order chi connectivity index (χ0) is 19.3. The Morgan fingerprint density at radius 2 is 1.85 bits per heavy atom. The Labute approximate surface area is 149 Å². The number of rotatable bonds is 6. The Kier molecular flexibility index (Phi) is 6.24. The third kappa shape index (κ3) is 4.34. The molecule has 138 valence electrons. The summed E-state index contributed by atoms with van der Waals surface area (Å²) in [7, 11) is 0. The number of aryl methyl sites for hydroxylation is 1. The number of nitrogens with zero attached hydrogens (tertiary/aromatic N) is 2. The highest BCUT2D eigenvalue weighted by atomic mass is 16.5. The molecule has 0 unspecified atom stereocenters. The van der Waals surface area contributed by atoms with Crippen LogP contribution in [0, 0.1) is 12.8 Å². The minimum absolute atomic E-state index is 0.00813. The number of carbonyl (C=O) groups is 2. The fraction of sp³-hybridized carbons (Fsp3) is 0.333. The molecule has 0 saturated carbocycles. The van der Waals surface area contributed by atoms with E-state index in [1.807, 2.05) is 0 Å². The van der Waals surface area contributed by atoms with Crippen LogP contribution in [0.25, 0.3) is 0 Å². The van der Waals surface area contributed by atoms with Crippen molar-refractivity contribution in [2.75, 3.05) is 13.2 Å². The molecule has 1 atom stereocenters. The van der Waals surface area contributed by atoms with Gasteiger partial charge in [-0.25, -0.2) is 4.79 Å². The zero-order valence-corrected chi connectivity index (χ0v) is 14.5. The number of hydrogen-bond acceptors (Lipinski definition) is 6. The fourth-order valence-corrected chi connectivity index (χ4v) is 2.43. The van der Waals surface area contributed by atoms with Gasteiger partial charge in [-0.3, -0.25) is 19.0 Å². The Morgan fingerprint density at radius 1 is 1.19 bits per heavy atom. The summed E-state index contributed by atoms with van der Waals surface area (Å²) in [6, 6.07) is 8.01. The first kappa shape index (κ1) is 19.3. The van der Waals surface area contributed by atoms with Crippen LogP contribution < -0.4 is 11.2 Å². The van der Waals surface area contributed by atoms with Crippen LogP contribution in [0.3, 0.4) is 0 Å². The van der Waals surface area contributed by atoms with E-state index in [-0.39, 0.29) is 30.9 Å². The minimum Gasteiger partial charge on any atom is -0.465 e. The number of carbonyl (C=O) groups excluding carboxylic acids is 2. The first-order valence-corrected chi connectivity index (χ1v) is 8.02. The van der Waals surface area contributed by atoms with Gasteiger partial charge in [0.15, 0.2) is 0 Å². The normalized spacial score (nSPS) is 11.8. The van der Waals surface area contributed by atoms with E-state index in [1.165, 1.54) is 36.7 Å². The molecule has 26 heavy (non-hydrogen) atoms. The molecular formula is C18H20N2O6. The molecule has 0 aliphatic rings. The molecule has 1 N–H and O–H groups in total. The maximum absolute atomic E-state index is 12.7. The molecule has 2 aromatic rings. The molecule has 8 nitrogen and oxygen atoms in total. The lowest BCUT2D eigenvalue weighted by molar-refractivity contribution is -0.142. The fourth-order valence-electron chi connectivity index (χ4n) is 2.43. The van der Waals surface area contributed by atoms with Gasteiger partial charge in [-0.05, 0) is 19.1 Å². The molecule has 1 heterocycles. The van der Waals surface area contributed by atoms with Crippen molar-refractivity contribution in [1.29, 1.82) is 0 Å². The summed E-state index contributed by atoms with van der Waals surface area (Å²) in [6.45, 7) is 2.32. The lowest BCUT2D eigenvalue weighted by Crippen LogP contribution is -2.45. The van der Waals surface area contributed by atoms with Crippen molar-refractivity contribution in [2.24, 2.45) is 5.92 Å². The summed E-state index contributed by atoms with van der Waals surface area (Å²) in [4.78, 5) is 48.5. The Hall–Kier alpha value is -3.00. The van der Waals surface area contributed by atoms with Gasteiger partial charge in [-0.1, -0.05) is 18.2 Å². The molecule has 0 saturated heterocycles. The van der Waals surface area contributed by atoms with Crippen molar-refractivity contribution in [2.45, 2.75) is 20.4 Å². The lowest BCUT2D eigenvalue weighted by Gasteiger charge is -2.17. The summed E-state index contributed by atoms with van der Waals surface area (Å²) >= 11 is 0. The van der Waals surface area contributed by atoms with Crippen molar-refractivity contribution in [3.63, 3.8) is 0 Å². The quantitative estimate of drug-likeness (QED) is 0.736. The predicted octanol–water partition coefficient (Wildman–Crippen LogP) is 0.179. The van der Waals surface area contributed by atoms with Gasteiger partial charge in [-0.2, -0.15) is 4.57 Å². The van der Waals surface area contributed by atoms with E-state index in [4.69, 9.17) is 4.74 Å². The minimum atomic E-state index is -0.810. The van der Waals surface area contributed by atoms with E-state index in [0.717, 1.165) is 0 Å². The summed E-state index contributed by atoms with van der Waals surface area (Å²) in [5.74, 6) is -1.77. The summed E-state index contributed by atoms with van der Waals surface area (Å²) in [6.07, 6.45) is 1.33. The van der Waals surface area contributed by atoms with Crippen LogP contribution in [0.15, 0.2) is 46.1 Å². The second kappa shape index (κ2) is 8.39. The van der Waals surface area contributed by atoms with Crippen LogP contribution in [0.2, 0.25) is 0 Å². The molecule has 0 aliphatic heterocycles. The van der Waals surface area contributed by atoms with Crippen LogP contribution in [-0.4, -0.2) is 39.3 Å². The van der Waals surface area contributed by atoms with Crippen LogP contribution in [0.4, 0.5) is 0 Å². The Bertz CT molecular complexity index is 914. The van der Waals surface area contributed by atoms with E-state index in [2.05, 4.69) is 0 Å². The molecule has 0 fully saturated rings. The molecular weight excluding hydrogens is 340 g/mol. The Morgan fingerprint density at radius 3 is 2.42 bits per heavy atom. The molecule has 2 rings (SSSR count). The molecule has 0 amide bonds. The summed E-state index contributed by atoms with van der Waals surface area (Å²) < 4.78 is 6.60. The van der Waals surface area contributed by atoms with E-state index < -0.39 is 29.0 Å². The van der Waals surface area contributed by atoms with Gasteiger partial charge >= 0.3 is 11.7 Å². The van der Waals surface area contributed by atoms with Gasteiger partial charge in [-0.15, -0.1) is 0 Å². The molecule has 0 bridgehead atoms. The van der Waals surface area contributed by atoms with Gasteiger partial charge < -0.3 is 9.84 Å². The van der Waals surface area contributed by atoms with Crippen molar-refractivity contribution in [3.05, 3.63) is 68.5 Å². The standard InChI is InChI=1S/C18H20N2O6/c1-12-8-19(9-14(10-21)11-26-13(2)22)18(25)20(16(12)23)17(24)15-6-4-3-5-7-15/h3-8,14,21H,9-11H2,1-2H3/t14-/m1/s1. The van der Waals surface area contributed by atoms with Crippen molar-refractivity contribution in [1.82, 2.24) is 9.13 Å². The van der Waals surface area contributed by atoms with E-state index in [0.29, 0.717) is 4.57 Å². The highest BCUT2D eigenvalue weighted by molar-refractivity contribution is 5.95. The number of ether oxygens (including phenoxy) is 1. The van der Waals surface area contributed by atoms with E-state index >= 15 is 0 Å². The molecule has 0 spiro atoms. The second-order valence-corrected chi connectivity index (χ2v) is 5.91. The zero-order valence-electron chi connectivity index (χ0n) is 14.5. The maximum Gasteiger partial charge on any atom is 0.338 e. The van der Waals surface area contributed by atoms with Crippen LogP contribution >= 0.6 is 0 Å². The van der Waals surface area contributed by atoms with Crippen molar-refractivity contribution < 1.29 is 19.4 Å². The number of aliphatic hydroxyl groups excluding tert-OH is 1. The maximum atomic E-state index is 12.7. The van der Waals surface area contributed by atoms with E-state index in [1.54, 1.807) is 18.2 Å². The highest BCUT2D eigenvalue weighted by Gasteiger charge is 2.19. The summed E-state index contributed by atoms with van der Waals surface area (Å²) in [5, 5.41) is 9.43. The third-order valence-corrected chi connectivity index (χ3v) is 3.79. The largest absolute Gasteiger partial charge is 0.465 e. The number of aliphatic hydroxyl groups is 1. The second-order valence-electron chi connectivity index (χ2n) is 5.91. The average molecular weight is 360 g/mol. The number of aromatic nitrogens is 2. The number of benzene rings is 1. The molecule has 0 aliphatic carbocycles. The van der Waals surface area contributed by atoms with Gasteiger partial charge in [0.05, 0.1) is 13.2 Å². The molecule has 8 heteroatoms. The van der Waals surface area contributed by atoms with Crippen LogP contribution in [0.5, 0.6) is 0 Å². The Balaban J connectivity index is 2.42. The van der Waals surface area contributed by atoms with Gasteiger partial charge in [0.1, 0.15) is 0 Å². The van der Waals surface area contributed by atoms with Crippen molar-refractivity contribution >= 4 is 11.9 Å². The highest BCUT2D eigenvalue weighted by Crippen LogP contribution is 2.03. The topological polar surface area (TPSA) is 108 Å². The van der Waals surface area contributed by atoms with Gasteiger partial charge in [0, 0.05) is 36.7 Å². The van der Waals surface area contributed by atoms with Crippen molar-refractivity contribution in [3.8, 4) is 0 Å². The summed E-state index contributed by atoms with van der Waals surface area (Å²) in [5.41, 5.74) is -1.09. The average Bonchev–Trinajstić information content (AvgIpc) is 2.63. The van der Waals surface area contributed by atoms with Gasteiger partial charge in [0.25, 0.3) is 11.5 Å². The predicted molar refractivity (Wildman–Crippen MR) is 93.1 cm³/mol. The monoisotopic (exact) mass is 360 g/mol. The SMILES string of the molecule is CC(=O)OC[C@@H](CO)Cn1cc(C)c(=O)n(C(=O)c2ccccc2)c1=O. The third-order valence-electron chi connectivity index (χ3n) is 3.79. The first-order chi connectivity index (χ1) is 12.3. The van der Waals surface area contributed by atoms with Crippen LogP contribution in [-0.2, 0) is 16.1 Å². The van der Waals surface area contributed by atoms with E-state index in [9.17, 15) is 24.3 Å². The molecule has 0 radical (unpaired) electrons. The number of esters is 1. The molecule has 1 aromatic carbocycles. The van der Waals surface area contributed by atoms with Gasteiger partial charge in [0.2, 0.25) is 0 Å². The first-order valence-electron chi connectivity index (χ1n) is 8.02.